The molecule has 1 aliphatic rings. The zero-order chi connectivity index (χ0) is 13.7. The number of allylic oxidation sites excluding steroid dienone is 2. The van der Waals surface area contributed by atoms with Gasteiger partial charge in [0.05, 0.1) is 7.11 Å². The number of aldehydes is 1. The number of benzene rings is 1. The quantitative estimate of drug-likeness (QED) is 0.743. The molecule has 2 unspecified atom stereocenters. The molecule has 0 saturated heterocycles. The molecule has 2 nitrogen and oxygen atoms in total. The van der Waals surface area contributed by atoms with Crippen molar-refractivity contribution in [2.75, 3.05) is 7.11 Å². The Morgan fingerprint density at radius 2 is 2.05 bits per heavy atom. The molecule has 1 aliphatic carbocycles. The van der Waals surface area contributed by atoms with Gasteiger partial charge in [0.15, 0.2) is 0 Å². The van der Waals surface area contributed by atoms with E-state index in [2.05, 4.69) is 25.1 Å². The molecule has 19 heavy (non-hydrogen) atoms. The molecule has 0 spiro atoms. The van der Waals surface area contributed by atoms with Gasteiger partial charge in [-0.15, -0.1) is 0 Å². The molecule has 2 heteroatoms. The minimum Gasteiger partial charge on any atom is -0.497 e. The monoisotopic (exact) mass is 258 g/mol. The van der Waals surface area contributed by atoms with Crippen molar-refractivity contribution in [3.8, 4) is 5.75 Å². The second kappa shape index (κ2) is 6.55. The van der Waals surface area contributed by atoms with Crippen molar-refractivity contribution in [2.24, 2.45) is 5.92 Å². The highest BCUT2D eigenvalue weighted by Gasteiger charge is 2.25. The highest BCUT2D eigenvalue weighted by atomic mass is 16.5. The van der Waals surface area contributed by atoms with Crippen LogP contribution in [0.2, 0.25) is 0 Å². The average Bonchev–Trinajstić information content (AvgIpc) is 2.47. The van der Waals surface area contributed by atoms with E-state index in [1.165, 1.54) is 5.56 Å². The molecule has 0 aliphatic heterocycles. The third-order valence-electron chi connectivity index (χ3n) is 4.01. The lowest BCUT2D eigenvalue weighted by Crippen LogP contribution is -2.16. The van der Waals surface area contributed by atoms with E-state index in [0.29, 0.717) is 11.8 Å². The maximum absolute atomic E-state index is 11.0. The Kier molecular flexibility index (Phi) is 4.78. The molecule has 0 fully saturated rings. The highest BCUT2D eigenvalue weighted by Crippen LogP contribution is 2.39. The van der Waals surface area contributed by atoms with Crippen LogP contribution >= 0.6 is 0 Å². The van der Waals surface area contributed by atoms with E-state index in [4.69, 9.17) is 4.74 Å². The molecule has 0 saturated carbocycles. The second-order valence-electron chi connectivity index (χ2n) is 5.23. The van der Waals surface area contributed by atoms with Crippen molar-refractivity contribution in [1.82, 2.24) is 0 Å². The molecule has 2 rings (SSSR count). The van der Waals surface area contributed by atoms with Gasteiger partial charge in [-0.1, -0.05) is 31.6 Å². The number of ether oxygens (including phenoxy) is 1. The first-order valence-corrected chi connectivity index (χ1v) is 7.08. The summed E-state index contributed by atoms with van der Waals surface area (Å²) in [5.41, 5.74) is 2.34. The maximum Gasteiger partial charge on any atom is 0.145 e. The van der Waals surface area contributed by atoms with Gasteiger partial charge in [0.1, 0.15) is 12.0 Å². The maximum atomic E-state index is 11.0. The minimum absolute atomic E-state index is 0.493. The third-order valence-corrected chi connectivity index (χ3v) is 4.01. The first-order valence-electron chi connectivity index (χ1n) is 7.08. The van der Waals surface area contributed by atoms with Crippen LogP contribution in [0.1, 0.15) is 44.1 Å². The van der Waals surface area contributed by atoms with Gasteiger partial charge in [-0.25, -0.2) is 0 Å². The van der Waals surface area contributed by atoms with Gasteiger partial charge in [-0.3, -0.25) is 4.79 Å². The molecular formula is C17H22O2. The predicted molar refractivity (Wildman–Crippen MR) is 77.5 cm³/mol. The molecule has 102 valence electrons. The Morgan fingerprint density at radius 3 is 2.63 bits per heavy atom. The fourth-order valence-electron chi connectivity index (χ4n) is 2.99. The molecule has 2 atom stereocenters. The number of hydrogen-bond acceptors (Lipinski definition) is 2. The standard InChI is InChI=1S/C17H22O2/c1-3-4-15-11-13(12-18)5-10-17(15)14-6-8-16(19-2)9-7-14/h6-9,11-12,15,17H,3-5,10H2,1-2H3. The number of methoxy groups -OCH3 is 1. The van der Waals surface area contributed by atoms with Crippen LogP contribution in [0.3, 0.4) is 0 Å². The Bertz CT molecular complexity index is 445. The van der Waals surface area contributed by atoms with Gasteiger partial charge in [-0.2, -0.15) is 0 Å². The van der Waals surface area contributed by atoms with Crippen molar-refractivity contribution in [3.05, 3.63) is 41.5 Å². The van der Waals surface area contributed by atoms with E-state index in [-0.39, 0.29) is 0 Å². The van der Waals surface area contributed by atoms with Crippen molar-refractivity contribution >= 4 is 6.29 Å². The molecule has 1 aromatic rings. The van der Waals surface area contributed by atoms with Gasteiger partial charge in [-0.05, 0) is 54.4 Å². The van der Waals surface area contributed by atoms with Crippen LogP contribution < -0.4 is 4.74 Å². The number of hydrogen-bond donors (Lipinski definition) is 0. The summed E-state index contributed by atoms with van der Waals surface area (Å²) in [6.07, 6.45) is 7.48. The van der Waals surface area contributed by atoms with Crippen LogP contribution in [0.5, 0.6) is 5.75 Å². The van der Waals surface area contributed by atoms with Crippen LogP contribution in [-0.4, -0.2) is 13.4 Å². The Morgan fingerprint density at radius 1 is 1.32 bits per heavy atom. The van der Waals surface area contributed by atoms with Crippen LogP contribution in [-0.2, 0) is 4.79 Å². The van der Waals surface area contributed by atoms with Crippen molar-refractivity contribution in [2.45, 2.75) is 38.5 Å². The lowest BCUT2D eigenvalue weighted by atomic mass is 9.75. The van der Waals surface area contributed by atoms with Gasteiger partial charge >= 0.3 is 0 Å². The SMILES string of the molecule is CCCC1C=C(C=O)CCC1c1ccc(OC)cc1. The second-order valence-corrected chi connectivity index (χ2v) is 5.23. The topological polar surface area (TPSA) is 26.3 Å². The highest BCUT2D eigenvalue weighted by molar-refractivity contribution is 5.73. The van der Waals surface area contributed by atoms with E-state index in [1.807, 2.05) is 12.1 Å². The Balaban J connectivity index is 2.21. The summed E-state index contributed by atoms with van der Waals surface area (Å²) in [6.45, 7) is 2.20. The van der Waals surface area contributed by atoms with Crippen molar-refractivity contribution in [1.29, 1.82) is 0 Å². The summed E-state index contributed by atoms with van der Waals surface area (Å²) in [4.78, 5) is 11.0. The first-order chi connectivity index (χ1) is 9.28. The average molecular weight is 258 g/mol. The lowest BCUT2D eigenvalue weighted by Gasteiger charge is -2.29. The molecule has 0 bridgehead atoms. The first kappa shape index (κ1) is 13.9. The Labute approximate surface area is 115 Å². The van der Waals surface area contributed by atoms with Crippen LogP contribution in [0, 0.1) is 5.92 Å². The van der Waals surface area contributed by atoms with Crippen molar-refractivity contribution in [3.63, 3.8) is 0 Å². The molecular weight excluding hydrogens is 236 g/mol. The fourth-order valence-corrected chi connectivity index (χ4v) is 2.99. The van der Waals surface area contributed by atoms with Crippen LogP contribution in [0.4, 0.5) is 0 Å². The number of carbonyl (C=O) groups is 1. The van der Waals surface area contributed by atoms with E-state index in [0.717, 1.165) is 43.3 Å². The van der Waals surface area contributed by atoms with Gasteiger partial charge < -0.3 is 4.74 Å². The van der Waals surface area contributed by atoms with Crippen LogP contribution in [0.15, 0.2) is 35.9 Å². The molecule has 1 aromatic carbocycles. The van der Waals surface area contributed by atoms with E-state index in [9.17, 15) is 4.79 Å². The third kappa shape index (κ3) is 3.25. The molecule has 0 radical (unpaired) electrons. The normalized spacial score (nSPS) is 22.7. The van der Waals surface area contributed by atoms with E-state index < -0.39 is 0 Å². The van der Waals surface area contributed by atoms with Gasteiger partial charge in [0, 0.05) is 0 Å². The van der Waals surface area contributed by atoms with Crippen LogP contribution in [0.25, 0.3) is 0 Å². The molecule has 0 amide bonds. The lowest BCUT2D eigenvalue weighted by molar-refractivity contribution is -0.105. The number of carbonyl (C=O) groups excluding carboxylic acids is 1. The van der Waals surface area contributed by atoms with Crippen molar-refractivity contribution < 1.29 is 9.53 Å². The van der Waals surface area contributed by atoms with E-state index in [1.54, 1.807) is 7.11 Å². The molecule has 0 N–H and O–H groups in total. The predicted octanol–water partition coefficient (Wildman–Crippen LogP) is 4.11. The fraction of sp³-hybridized carbons (Fsp3) is 0.471. The van der Waals surface area contributed by atoms with E-state index >= 15 is 0 Å². The smallest absolute Gasteiger partial charge is 0.145 e. The zero-order valence-electron chi connectivity index (χ0n) is 11.8. The molecule has 0 aromatic heterocycles. The zero-order valence-corrected chi connectivity index (χ0v) is 11.8. The Hall–Kier alpha value is -1.57. The summed E-state index contributed by atoms with van der Waals surface area (Å²) in [7, 11) is 1.69. The van der Waals surface area contributed by atoms with Gasteiger partial charge in [0.25, 0.3) is 0 Å². The minimum atomic E-state index is 0.493. The summed E-state index contributed by atoms with van der Waals surface area (Å²) in [6, 6.07) is 8.37. The summed E-state index contributed by atoms with van der Waals surface area (Å²) in [5.74, 6) is 1.93. The summed E-state index contributed by atoms with van der Waals surface area (Å²) in [5, 5.41) is 0. The summed E-state index contributed by atoms with van der Waals surface area (Å²) >= 11 is 0. The molecule has 0 heterocycles. The largest absolute Gasteiger partial charge is 0.497 e. The summed E-state index contributed by atoms with van der Waals surface area (Å²) < 4.78 is 5.21. The number of rotatable bonds is 5. The van der Waals surface area contributed by atoms with Gasteiger partial charge in [0.2, 0.25) is 0 Å².